The molecule has 2 aromatic carbocycles. The lowest BCUT2D eigenvalue weighted by Crippen LogP contribution is -2.26. The van der Waals surface area contributed by atoms with E-state index in [-0.39, 0.29) is 18.7 Å². The molecule has 0 unspecified atom stereocenters. The Hall–Kier alpha value is -3.22. The average Bonchev–Trinajstić information content (AvgIpc) is 2.71. The monoisotopic (exact) mass is 387 g/mol. The molecular formula is C21H25NO6. The number of rotatable bonds is 12. The Morgan fingerprint density at radius 3 is 2.32 bits per heavy atom. The molecule has 2 rings (SSSR count). The van der Waals surface area contributed by atoms with Gasteiger partial charge in [0.15, 0.2) is 0 Å². The van der Waals surface area contributed by atoms with Gasteiger partial charge >= 0.3 is 5.97 Å². The molecule has 0 aliphatic rings. The van der Waals surface area contributed by atoms with Gasteiger partial charge < -0.3 is 24.6 Å². The van der Waals surface area contributed by atoms with Crippen molar-refractivity contribution in [2.45, 2.75) is 19.3 Å². The van der Waals surface area contributed by atoms with E-state index in [2.05, 4.69) is 5.32 Å². The summed E-state index contributed by atoms with van der Waals surface area (Å²) < 4.78 is 16.5. The van der Waals surface area contributed by atoms with Crippen molar-refractivity contribution in [3.8, 4) is 17.2 Å². The van der Waals surface area contributed by atoms with Gasteiger partial charge in [0.1, 0.15) is 30.5 Å². The predicted octanol–water partition coefficient (Wildman–Crippen LogP) is 2.68. The highest BCUT2D eigenvalue weighted by Crippen LogP contribution is 2.19. The minimum absolute atomic E-state index is 0.0177. The second-order valence-corrected chi connectivity index (χ2v) is 5.97. The molecule has 7 nitrogen and oxygen atoms in total. The first kappa shape index (κ1) is 21.1. The van der Waals surface area contributed by atoms with Gasteiger partial charge in [-0.1, -0.05) is 18.2 Å². The van der Waals surface area contributed by atoms with E-state index in [0.717, 1.165) is 22.8 Å². The van der Waals surface area contributed by atoms with Crippen molar-refractivity contribution in [1.29, 1.82) is 0 Å². The van der Waals surface area contributed by atoms with E-state index in [4.69, 9.17) is 19.3 Å². The number of methoxy groups -OCH3 is 1. The summed E-state index contributed by atoms with van der Waals surface area (Å²) in [4.78, 5) is 22.1. The van der Waals surface area contributed by atoms with Gasteiger partial charge in [-0.3, -0.25) is 9.59 Å². The Bertz CT molecular complexity index is 760. The third-order valence-electron chi connectivity index (χ3n) is 3.92. The number of para-hydroxylation sites is 1. The number of carboxylic acid groups (broad SMARTS) is 1. The second kappa shape index (κ2) is 11.5. The van der Waals surface area contributed by atoms with E-state index in [1.54, 1.807) is 7.11 Å². The van der Waals surface area contributed by atoms with Crippen molar-refractivity contribution in [3.63, 3.8) is 0 Å². The quantitative estimate of drug-likeness (QED) is 0.544. The summed E-state index contributed by atoms with van der Waals surface area (Å²) in [5, 5.41) is 11.3. The third kappa shape index (κ3) is 7.57. The maximum Gasteiger partial charge on any atom is 0.303 e. The fourth-order valence-electron chi connectivity index (χ4n) is 2.48. The summed E-state index contributed by atoms with van der Waals surface area (Å²) in [5.41, 5.74) is 0.963. The molecule has 0 spiro atoms. The van der Waals surface area contributed by atoms with Crippen molar-refractivity contribution in [3.05, 3.63) is 54.1 Å². The third-order valence-corrected chi connectivity index (χ3v) is 3.92. The van der Waals surface area contributed by atoms with Crippen LogP contribution in [0.15, 0.2) is 48.5 Å². The van der Waals surface area contributed by atoms with E-state index < -0.39 is 5.97 Å². The maximum absolute atomic E-state index is 11.6. The number of ether oxygens (including phenoxy) is 3. The number of aliphatic carboxylic acids is 1. The molecule has 0 fully saturated rings. The maximum atomic E-state index is 11.6. The minimum Gasteiger partial charge on any atom is -0.497 e. The highest BCUT2D eigenvalue weighted by atomic mass is 16.5. The van der Waals surface area contributed by atoms with Crippen LogP contribution in [0.1, 0.15) is 18.4 Å². The molecule has 0 radical (unpaired) electrons. The van der Waals surface area contributed by atoms with Gasteiger partial charge in [-0.25, -0.2) is 0 Å². The molecular weight excluding hydrogens is 362 g/mol. The standard InChI is InChI=1S/C21H25NO6/c1-26-17-6-8-18(9-7-17)27-14-15-28-19-5-3-2-4-16(19)12-13-22-20(23)10-11-21(24)25/h2-9H,10-15H2,1H3,(H,22,23)(H,24,25). The number of nitrogens with one attached hydrogen (secondary N) is 1. The van der Waals surface area contributed by atoms with Crippen LogP contribution in [0.25, 0.3) is 0 Å². The van der Waals surface area contributed by atoms with Gasteiger partial charge in [0.25, 0.3) is 0 Å². The van der Waals surface area contributed by atoms with Gasteiger partial charge in [0, 0.05) is 13.0 Å². The molecule has 2 N–H and O–H groups in total. The molecule has 0 bridgehead atoms. The van der Waals surface area contributed by atoms with Crippen LogP contribution in [0.5, 0.6) is 17.2 Å². The number of carbonyl (C=O) groups excluding carboxylic acids is 1. The Morgan fingerprint density at radius 2 is 1.61 bits per heavy atom. The van der Waals surface area contributed by atoms with E-state index in [0.29, 0.717) is 26.2 Å². The van der Waals surface area contributed by atoms with Crippen molar-refractivity contribution in [2.24, 2.45) is 0 Å². The Kier molecular flexibility index (Phi) is 8.65. The molecule has 150 valence electrons. The number of hydrogen-bond acceptors (Lipinski definition) is 5. The van der Waals surface area contributed by atoms with Crippen molar-refractivity contribution in [2.75, 3.05) is 26.9 Å². The van der Waals surface area contributed by atoms with Crippen molar-refractivity contribution in [1.82, 2.24) is 5.32 Å². The number of carbonyl (C=O) groups is 2. The fourth-order valence-corrected chi connectivity index (χ4v) is 2.48. The zero-order valence-corrected chi connectivity index (χ0v) is 15.8. The van der Waals surface area contributed by atoms with Crippen LogP contribution in [-0.2, 0) is 16.0 Å². The van der Waals surface area contributed by atoms with Gasteiger partial charge in [-0.2, -0.15) is 0 Å². The van der Waals surface area contributed by atoms with Gasteiger partial charge in [0.2, 0.25) is 5.91 Å². The summed E-state index contributed by atoms with van der Waals surface area (Å²) in [7, 11) is 1.61. The molecule has 0 aliphatic carbocycles. The van der Waals surface area contributed by atoms with Crippen LogP contribution in [0, 0.1) is 0 Å². The van der Waals surface area contributed by atoms with E-state index in [1.807, 2.05) is 48.5 Å². The Morgan fingerprint density at radius 1 is 0.929 bits per heavy atom. The number of benzene rings is 2. The van der Waals surface area contributed by atoms with Crippen LogP contribution in [0.2, 0.25) is 0 Å². The van der Waals surface area contributed by atoms with Gasteiger partial charge in [0.05, 0.1) is 13.5 Å². The van der Waals surface area contributed by atoms with E-state index >= 15 is 0 Å². The summed E-state index contributed by atoms with van der Waals surface area (Å²) >= 11 is 0. The van der Waals surface area contributed by atoms with Gasteiger partial charge in [-0.15, -0.1) is 0 Å². The predicted molar refractivity (Wildman–Crippen MR) is 104 cm³/mol. The molecule has 2 aromatic rings. The summed E-state index contributed by atoms with van der Waals surface area (Å²) in [6, 6.07) is 14.9. The second-order valence-electron chi connectivity index (χ2n) is 5.97. The lowest BCUT2D eigenvalue weighted by atomic mass is 10.1. The largest absolute Gasteiger partial charge is 0.497 e. The Balaban J connectivity index is 1.73. The minimum atomic E-state index is -0.981. The van der Waals surface area contributed by atoms with Crippen molar-refractivity contribution >= 4 is 11.9 Å². The Labute approximate surface area is 164 Å². The first-order valence-corrected chi connectivity index (χ1v) is 9.04. The molecule has 1 amide bonds. The normalized spacial score (nSPS) is 10.2. The number of hydrogen-bond donors (Lipinski definition) is 2. The lowest BCUT2D eigenvalue weighted by Gasteiger charge is -2.13. The highest BCUT2D eigenvalue weighted by molar-refractivity contribution is 5.80. The number of amides is 1. The van der Waals surface area contributed by atoms with E-state index in [9.17, 15) is 9.59 Å². The average molecular weight is 387 g/mol. The molecule has 0 saturated carbocycles. The topological polar surface area (TPSA) is 94.1 Å². The number of carboxylic acids is 1. The van der Waals surface area contributed by atoms with Crippen LogP contribution < -0.4 is 19.5 Å². The molecule has 0 heterocycles. The van der Waals surface area contributed by atoms with Gasteiger partial charge in [-0.05, 0) is 42.3 Å². The highest BCUT2D eigenvalue weighted by Gasteiger charge is 2.07. The van der Waals surface area contributed by atoms with Crippen LogP contribution >= 0.6 is 0 Å². The smallest absolute Gasteiger partial charge is 0.303 e. The van der Waals surface area contributed by atoms with Crippen LogP contribution in [0.3, 0.4) is 0 Å². The van der Waals surface area contributed by atoms with E-state index in [1.165, 1.54) is 0 Å². The zero-order valence-electron chi connectivity index (χ0n) is 15.8. The zero-order chi connectivity index (χ0) is 20.2. The summed E-state index contributed by atoms with van der Waals surface area (Å²) in [6.07, 6.45) is 0.407. The SMILES string of the molecule is COc1ccc(OCCOc2ccccc2CCNC(=O)CCC(=O)O)cc1. The molecule has 0 atom stereocenters. The lowest BCUT2D eigenvalue weighted by molar-refractivity contribution is -0.138. The first-order chi connectivity index (χ1) is 13.6. The molecule has 0 saturated heterocycles. The van der Waals surface area contributed by atoms with Crippen LogP contribution in [0.4, 0.5) is 0 Å². The molecule has 28 heavy (non-hydrogen) atoms. The fraction of sp³-hybridized carbons (Fsp3) is 0.333. The summed E-state index contributed by atoms with van der Waals surface area (Å²) in [5.74, 6) is 0.995. The first-order valence-electron chi connectivity index (χ1n) is 9.04. The molecule has 0 aromatic heterocycles. The van der Waals surface area contributed by atoms with Crippen molar-refractivity contribution < 1.29 is 28.9 Å². The molecule has 7 heteroatoms. The summed E-state index contributed by atoms with van der Waals surface area (Å²) in [6.45, 7) is 1.20. The van der Waals surface area contributed by atoms with Crippen LogP contribution in [-0.4, -0.2) is 43.9 Å². The molecule has 0 aliphatic heterocycles.